The maximum Gasteiger partial charge on any atom is 0.251 e. The summed E-state index contributed by atoms with van der Waals surface area (Å²) in [6.07, 6.45) is 0.740. The van der Waals surface area contributed by atoms with Gasteiger partial charge in [-0.3, -0.25) is 4.79 Å². The Morgan fingerprint density at radius 2 is 1.77 bits per heavy atom. The third-order valence-electron chi connectivity index (χ3n) is 5.14. The van der Waals surface area contributed by atoms with Gasteiger partial charge in [0, 0.05) is 25.1 Å². The van der Waals surface area contributed by atoms with Crippen LogP contribution in [-0.4, -0.2) is 44.9 Å². The molecular formula is C22H27ClN2O5S. The molecule has 0 aromatic heterocycles. The zero-order valence-corrected chi connectivity index (χ0v) is 19.4. The first-order valence-electron chi connectivity index (χ1n) is 10.3. The van der Waals surface area contributed by atoms with E-state index in [0.29, 0.717) is 48.4 Å². The number of nitrogens with one attached hydrogen (secondary N) is 1. The Labute approximate surface area is 188 Å². The molecule has 1 N–H and O–H groups in total. The van der Waals surface area contributed by atoms with Crippen molar-refractivity contribution in [3.8, 4) is 11.5 Å². The van der Waals surface area contributed by atoms with Gasteiger partial charge in [-0.05, 0) is 36.8 Å². The fourth-order valence-corrected chi connectivity index (χ4v) is 5.09. The number of amides is 1. The molecule has 0 fully saturated rings. The van der Waals surface area contributed by atoms with Crippen LogP contribution in [-0.2, 0) is 10.0 Å². The maximum atomic E-state index is 12.8. The standard InChI is InChI=1S/C22H27ClN2O5S/c1-4-25(5-2)31(27,28)18-9-7-16(8-10-18)15(3)24-22(26)17-13-19(23)21-20(14-17)29-11-6-12-30-21/h7-10,13-15H,4-6,11-12H2,1-3H3,(H,24,26)/t15-/m1/s1. The average molecular weight is 467 g/mol. The number of sulfonamides is 1. The van der Waals surface area contributed by atoms with E-state index in [4.69, 9.17) is 21.1 Å². The molecular weight excluding hydrogens is 440 g/mol. The molecule has 7 nitrogen and oxygen atoms in total. The van der Waals surface area contributed by atoms with E-state index in [1.54, 1.807) is 50.2 Å². The van der Waals surface area contributed by atoms with Gasteiger partial charge in [0.25, 0.3) is 5.91 Å². The molecule has 2 aromatic rings. The first-order chi connectivity index (χ1) is 14.8. The monoisotopic (exact) mass is 466 g/mol. The second-order valence-corrected chi connectivity index (χ2v) is 9.53. The highest BCUT2D eigenvalue weighted by atomic mass is 35.5. The third-order valence-corrected chi connectivity index (χ3v) is 7.48. The number of benzene rings is 2. The molecule has 0 bridgehead atoms. The van der Waals surface area contributed by atoms with Crippen LogP contribution in [0.3, 0.4) is 0 Å². The van der Waals surface area contributed by atoms with Crippen molar-refractivity contribution in [2.24, 2.45) is 0 Å². The number of hydrogen-bond donors (Lipinski definition) is 1. The lowest BCUT2D eigenvalue weighted by Crippen LogP contribution is -2.30. The van der Waals surface area contributed by atoms with Gasteiger partial charge in [-0.1, -0.05) is 37.6 Å². The fraction of sp³-hybridized carbons (Fsp3) is 0.409. The molecule has 0 saturated carbocycles. The molecule has 1 atom stereocenters. The summed E-state index contributed by atoms with van der Waals surface area (Å²) in [7, 11) is -3.52. The van der Waals surface area contributed by atoms with Crippen LogP contribution in [0.15, 0.2) is 41.3 Å². The van der Waals surface area contributed by atoms with Gasteiger partial charge in [0.05, 0.1) is 29.2 Å². The zero-order valence-electron chi connectivity index (χ0n) is 17.9. The van der Waals surface area contributed by atoms with Crippen LogP contribution in [0.1, 0.15) is 49.2 Å². The lowest BCUT2D eigenvalue weighted by atomic mass is 10.1. The Morgan fingerprint density at radius 1 is 1.13 bits per heavy atom. The van der Waals surface area contributed by atoms with Gasteiger partial charge in [0.15, 0.2) is 11.5 Å². The third kappa shape index (κ3) is 5.14. The van der Waals surface area contributed by atoms with Crippen LogP contribution in [0, 0.1) is 0 Å². The van der Waals surface area contributed by atoms with Crippen LogP contribution < -0.4 is 14.8 Å². The Hall–Kier alpha value is -2.29. The first kappa shape index (κ1) is 23.4. The van der Waals surface area contributed by atoms with Gasteiger partial charge < -0.3 is 14.8 Å². The number of nitrogens with zero attached hydrogens (tertiary/aromatic N) is 1. The number of halogens is 1. The molecule has 0 unspecified atom stereocenters. The molecule has 1 amide bonds. The van der Waals surface area contributed by atoms with Gasteiger partial charge >= 0.3 is 0 Å². The smallest absolute Gasteiger partial charge is 0.251 e. The van der Waals surface area contributed by atoms with E-state index in [0.717, 1.165) is 12.0 Å². The van der Waals surface area contributed by atoms with E-state index >= 15 is 0 Å². The number of carbonyl (C=O) groups excluding carboxylic acids is 1. The molecule has 1 aliphatic heterocycles. The molecule has 0 radical (unpaired) electrons. The van der Waals surface area contributed by atoms with Crippen LogP contribution >= 0.6 is 11.6 Å². The van der Waals surface area contributed by atoms with Crippen molar-refractivity contribution in [2.45, 2.75) is 38.1 Å². The summed E-state index contributed by atoms with van der Waals surface area (Å²) < 4.78 is 37.9. The molecule has 1 aliphatic rings. The summed E-state index contributed by atoms with van der Waals surface area (Å²) in [5, 5.41) is 3.23. The molecule has 9 heteroatoms. The second kappa shape index (κ2) is 9.89. The molecule has 2 aromatic carbocycles. The van der Waals surface area contributed by atoms with E-state index in [1.807, 2.05) is 6.92 Å². The minimum absolute atomic E-state index is 0.230. The average Bonchev–Trinajstić information content (AvgIpc) is 3.00. The summed E-state index contributed by atoms with van der Waals surface area (Å²) in [5.74, 6) is 0.590. The van der Waals surface area contributed by atoms with Crippen LogP contribution in [0.4, 0.5) is 0 Å². The van der Waals surface area contributed by atoms with Crippen molar-refractivity contribution in [1.82, 2.24) is 9.62 Å². The molecule has 0 saturated heterocycles. The minimum Gasteiger partial charge on any atom is -0.489 e. The highest BCUT2D eigenvalue weighted by molar-refractivity contribution is 7.89. The minimum atomic E-state index is -3.52. The van der Waals surface area contributed by atoms with Crippen molar-refractivity contribution < 1.29 is 22.7 Å². The fourth-order valence-electron chi connectivity index (χ4n) is 3.37. The van der Waals surface area contributed by atoms with Gasteiger partial charge in [0.1, 0.15) is 0 Å². The Morgan fingerprint density at radius 3 is 2.42 bits per heavy atom. The van der Waals surface area contributed by atoms with E-state index in [9.17, 15) is 13.2 Å². The first-order valence-corrected chi connectivity index (χ1v) is 12.1. The van der Waals surface area contributed by atoms with Crippen LogP contribution in [0.2, 0.25) is 5.02 Å². The summed E-state index contributed by atoms with van der Waals surface area (Å²) in [6.45, 7) is 7.26. The predicted molar refractivity (Wildman–Crippen MR) is 119 cm³/mol. The lowest BCUT2D eigenvalue weighted by Gasteiger charge is -2.19. The van der Waals surface area contributed by atoms with Gasteiger partial charge in [-0.25, -0.2) is 8.42 Å². The van der Waals surface area contributed by atoms with E-state index in [2.05, 4.69) is 5.32 Å². The number of ether oxygens (including phenoxy) is 2. The van der Waals surface area contributed by atoms with Gasteiger partial charge in [-0.2, -0.15) is 4.31 Å². The van der Waals surface area contributed by atoms with Crippen LogP contribution in [0.25, 0.3) is 0 Å². The SMILES string of the molecule is CCN(CC)S(=O)(=O)c1ccc([C@@H](C)NC(=O)c2cc(Cl)c3c(c2)OCCCO3)cc1. The summed E-state index contributed by atoms with van der Waals surface area (Å²) >= 11 is 6.28. The summed E-state index contributed by atoms with van der Waals surface area (Å²) in [4.78, 5) is 13.0. The van der Waals surface area contributed by atoms with Crippen molar-refractivity contribution in [3.05, 3.63) is 52.5 Å². The number of fused-ring (bicyclic) bond motifs is 1. The molecule has 3 rings (SSSR count). The molecule has 1 heterocycles. The quantitative estimate of drug-likeness (QED) is 0.666. The van der Waals surface area contributed by atoms with E-state index in [1.165, 1.54) is 4.31 Å². The molecule has 168 valence electrons. The van der Waals surface area contributed by atoms with Crippen molar-refractivity contribution in [2.75, 3.05) is 26.3 Å². The Bertz CT molecular complexity index is 1040. The van der Waals surface area contributed by atoms with E-state index in [-0.39, 0.29) is 16.8 Å². The van der Waals surface area contributed by atoms with E-state index < -0.39 is 10.0 Å². The highest BCUT2D eigenvalue weighted by Gasteiger charge is 2.22. The lowest BCUT2D eigenvalue weighted by molar-refractivity contribution is 0.0939. The second-order valence-electron chi connectivity index (χ2n) is 7.19. The molecule has 31 heavy (non-hydrogen) atoms. The van der Waals surface area contributed by atoms with Crippen molar-refractivity contribution in [3.63, 3.8) is 0 Å². The van der Waals surface area contributed by atoms with Crippen molar-refractivity contribution in [1.29, 1.82) is 0 Å². The summed E-state index contributed by atoms with van der Waals surface area (Å²) in [6, 6.07) is 9.38. The normalized spacial score (nSPS) is 14.7. The summed E-state index contributed by atoms with van der Waals surface area (Å²) in [5.41, 5.74) is 1.15. The topological polar surface area (TPSA) is 84.9 Å². The highest BCUT2D eigenvalue weighted by Crippen LogP contribution is 2.38. The van der Waals surface area contributed by atoms with Gasteiger partial charge in [0.2, 0.25) is 10.0 Å². The number of carbonyl (C=O) groups is 1. The molecule has 0 spiro atoms. The Balaban J connectivity index is 1.74. The Kier molecular flexibility index (Phi) is 7.46. The van der Waals surface area contributed by atoms with Crippen LogP contribution in [0.5, 0.6) is 11.5 Å². The maximum absolute atomic E-state index is 12.8. The molecule has 0 aliphatic carbocycles. The number of rotatable bonds is 7. The predicted octanol–water partition coefficient (Wildman–Crippen LogP) is 4.02. The van der Waals surface area contributed by atoms with Crippen molar-refractivity contribution >= 4 is 27.5 Å². The van der Waals surface area contributed by atoms with Gasteiger partial charge in [-0.15, -0.1) is 0 Å². The largest absolute Gasteiger partial charge is 0.489 e. The number of hydrogen-bond acceptors (Lipinski definition) is 5. The zero-order chi connectivity index (χ0) is 22.6.